The molecule has 19 heavy (non-hydrogen) atoms. The van der Waals surface area contributed by atoms with Crippen LogP contribution < -0.4 is 4.74 Å². The summed E-state index contributed by atoms with van der Waals surface area (Å²) in [7, 11) is 0. The van der Waals surface area contributed by atoms with Crippen LogP contribution in [0, 0.1) is 5.82 Å². The molecular weight excluding hydrogens is 247 g/mol. The van der Waals surface area contributed by atoms with Gasteiger partial charge in [0.2, 0.25) is 0 Å². The topological polar surface area (TPSA) is 46.5 Å². The van der Waals surface area contributed by atoms with E-state index in [9.17, 15) is 9.18 Å². The summed E-state index contributed by atoms with van der Waals surface area (Å²) in [4.78, 5) is 11.2. The van der Waals surface area contributed by atoms with E-state index < -0.39 is 11.8 Å². The van der Waals surface area contributed by atoms with Crippen LogP contribution in [0.25, 0.3) is 11.1 Å². The Balaban J connectivity index is 2.16. The molecule has 0 saturated carbocycles. The Morgan fingerprint density at radius 2 is 2.05 bits per heavy atom. The average molecular weight is 258 g/mol. The molecule has 0 unspecified atom stereocenters. The molecule has 1 heterocycles. The lowest BCUT2D eigenvalue weighted by Crippen LogP contribution is -2.00. The summed E-state index contributed by atoms with van der Waals surface area (Å²) < 4.78 is 18.8. The average Bonchev–Trinajstić information content (AvgIpc) is 2.85. The Kier molecular flexibility index (Phi) is 2.71. The van der Waals surface area contributed by atoms with E-state index in [2.05, 4.69) is 0 Å². The minimum atomic E-state index is -1.06. The molecule has 4 heteroatoms. The lowest BCUT2D eigenvalue weighted by molar-refractivity contribution is 0.0697. The number of carboxylic acid groups (broad SMARTS) is 1. The van der Waals surface area contributed by atoms with Crippen molar-refractivity contribution in [1.82, 2.24) is 0 Å². The van der Waals surface area contributed by atoms with Gasteiger partial charge in [0.05, 0.1) is 12.2 Å². The fourth-order valence-electron chi connectivity index (χ4n) is 2.30. The van der Waals surface area contributed by atoms with Crippen molar-refractivity contribution in [2.75, 3.05) is 6.61 Å². The van der Waals surface area contributed by atoms with E-state index in [1.165, 1.54) is 12.1 Å². The highest BCUT2D eigenvalue weighted by Gasteiger charge is 2.16. The van der Waals surface area contributed by atoms with E-state index in [1.54, 1.807) is 12.1 Å². The zero-order valence-corrected chi connectivity index (χ0v) is 10.0. The molecule has 0 aromatic heterocycles. The van der Waals surface area contributed by atoms with E-state index in [1.807, 2.05) is 6.07 Å². The first-order valence-electron chi connectivity index (χ1n) is 5.94. The fraction of sp³-hybridized carbons (Fsp3) is 0.133. The Bertz CT molecular complexity index is 664. The van der Waals surface area contributed by atoms with Gasteiger partial charge in [-0.25, -0.2) is 9.18 Å². The quantitative estimate of drug-likeness (QED) is 0.900. The van der Waals surface area contributed by atoms with Crippen molar-refractivity contribution >= 4 is 5.97 Å². The molecule has 0 saturated heterocycles. The standard InChI is InChI=1S/C15H11FO3/c16-11-2-3-12(15(17)18)13(8-11)9-1-4-14-10(7-9)5-6-19-14/h1-4,7-8H,5-6H2,(H,17,18). The van der Waals surface area contributed by atoms with Crippen molar-refractivity contribution in [1.29, 1.82) is 0 Å². The van der Waals surface area contributed by atoms with Crippen molar-refractivity contribution in [2.45, 2.75) is 6.42 Å². The molecule has 2 aromatic rings. The maximum atomic E-state index is 13.4. The van der Waals surface area contributed by atoms with Gasteiger partial charge in [0.1, 0.15) is 11.6 Å². The van der Waals surface area contributed by atoms with Crippen molar-refractivity contribution in [2.24, 2.45) is 0 Å². The molecular formula is C15H11FO3. The van der Waals surface area contributed by atoms with Crippen LogP contribution in [0.4, 0.5) is 4.39 Å². The first-order chi connectivity index (χ1) is 9.15. The van der Waals surface area contributed by atoms with Gasteiger partial charge in [-0.1, -0.05) is 6.07 Å². The van der Waals surface area contributed by atoms with Gasteiger partial charge in [-0.2, -0.15) is 0 Å². The highest BCUT2D eigenvalue weighted by molar-refractivity contribution is 5.96. The van der Waals surface area contributed by atoms with Gasteiger partial charge in [-0.3, -0.25) is 0 Å². The highest BCUT2D eigenvalue weighted by Crippen LogP contribution is 2.32. The van der Waals surface area contributed by atoms with Gasteiger partial charge in [0.15, 0.2) is 0 Å². The van der Waals surface area contributed by atoms with Crippen LogP contribution in [0.2, 0.25) is 0 Å². The minimum Gasteiger partial charge on any atom is -0.493 e. The maximum absolute atomic E-state index is 13.4. The number of hydrogen-bond donors (Lipinski definition) is 1. The molecule has 1 aliphatic rings. The van der Waals surface area contributed by atoms with Crippen LogP contribution in [-0.2, 0) is 6.42 Å². The SMILES string of the molecule is O=C(O)c1ccc(F)cc1-c1ccc2c(c1)CCO2. The second-order valence-corrected chi connectivity index (χ2v) is 4.42. The lowest BCUT2D eigenvalue weighted by Gasteiger charge is -2.08. The smallest absolute Gasteiger partial charge is 0.336 e. The third-order valence-electron chi connectivity index (χ3n) is 3.21. The molecule has 0 bridgehead atoms. The first kappa shape index (κ1) is 11.7. The van der Waals surface area contributed by atoms with Crippen LogP contribution >= 0.6 is 0 Å². The van der Waals surface area contributed by atoms with E-state index in [0.717, 1.165) is 23.8 Å². The van der Waals surface area contributed by atoms with Crippen LogP contribution in [0.5, 0.6) is 5.75 Å². The molecule has 96 valence electrons. The number of carboxylic acids is 1. The Labute approximate surface area is 109 Å². The summed E-state index contributed by atoms with van der Waals surface area (Å²) in [6.07, 6.45) is 0.793. The summed E-state index contributed by atoms with van der Waals surface area (Å²) >= 11 is 0. The summed E-state index contributed by atoms with van der Waals surface area (Å²) in [6.45, 7) is 0.633. The van der Waals surface area contributed by atoms with E-state index in [4.69, 9.17) is 9.84 Å². The van der Waals surface area contributed by atoms with E-state index >= 15 is 0 Å². The molecule has 0 fully saturated rings. The molecule has 0 atom stereocenters. The molecule has 3 nitrogen and oxygen atoms in total. The lowest BCUT2D eigenvalue weighted by atomic mass is 9.97. The van der Waals surface area contributed by atoms with Crippen LogP contribution in [-0.4, -0.2) is 17.7 Å². The minimum absolute atomic E-state index is 0.0975. The molecule has 0 radical (unpaired) electrons. The predicted octanol–water partition coefficient (Wildman–Crippen LogP) is 3.13. The van der Waals surface area contributed by atoms with Crippen molar-refractivity contribution in [3.05, 3.63) is 53.3 Å². The van der Waals surface area contributed by atoms with E-state index in [-0.39, 0.29) is 5.56 Å². The number of rotatable bonds is 2. The number of halogens is 1. The number of hydrogen-bond acceptors (Lipinski definition) is 2. The van der Waals surface area contributed by atoms with Gasteiger partial charge in [0, 0.05) is 6.42 Å². The normalized spacial score (nSPS) is 12.9. The zero-order valence-electron chi connectivity index (χ0n) is 10.0. The number of fused-ring (bicyclic) bond motifs is 1. The van der Waals surface area contributed by atoms with E-state index in [0.29, 0.717) is 17.7 Å². The summed E-state index contributed by atoms with van der Waals surface area (Å²) in [5, 5.41) is 9.16. The third kappa shape index (κ3) is 2.05. The molecule has 0 spiro atoms. The second kappa shape index (κ2) is 4.39. The molecule has 2 aromatic carbocycles. The Hall–Kier alpha value is -2.36. The number of carbonyl (C=O) groups is 1. The number of aromatic carboxylic acids is 1. The Morgan fingerprint density at radius 3 is 2.84 bits per heavy atom. The monoisotopic (exact) mass is 258 g/mol. The van der Waals surface area contributed by atoms with Gasteiger partial charge in [-0.15, -0.1) is 0 Å². The van der Waals surface area contributed by atoms with Crippen molar-refractivity contribution < 1.29 is 19.0 Å². The van der Waals surface area contributed by atoms with Crippen LogP contribution in [0.3, 0.4) is 0 Å². The molecule has 0 aliphatic carbocycles. The molecule has 0 amide bonds. The Morgan fingerprint density at radius 1 is 1.21 bits per heavy atom. The van der Waals surface area contributed by atoms with Gasteiger partial charge in [-0.05, 0) is 47.0 Å². The molecule has 1 aliphatic heterocycles. The van der Waals surface area contributed by atoms with Crippen molar-refractivity contribution in [3.8, 4) is 16.9 Å². The highest BCUT2D eigenvalue weighted by atomic mass is 19.1. The second-order valence-electron chi connectivity index (χ2n) is 4.42. The van der Waals surface area contributed by atoms with Gasteiger partial charge in [0.25, 0.3) is 0 Å². The summed E-state index contributed by atoms with van der Waals surface area (Å²) in [6, 6.07) is 9.12. The summed E-state index contributed by atoms with van der Waals surface area (Å²) in [5.74, 6) is -0.694. The molecule has 3 rings (SSSR count). The zero-order chi connectivity index (χ0) is 13.4. The molecule has 1 N–H and O–H groups in total. The maximum Gasteiger partial charge on any atom is 0.336 e. The van der Waals surface area contributed by atoms with Gasteiger partial charge < -0.3 is 9.84 Å². The van der Waals surface area contributed by atoms with Crippen LogP contribution in [0.1, 0.15) is 15.9 Å². The largest absolute Gasteiger partial charge is 0.493 e. The predicted molar refractivity (Wildman–Crippen MR) is 68.0 cm³/mol. The van der Waals surface area contributed by atoms with Crippen LogP contribution in [0.15, 0.2) is 36.4 Å². The summed E-state index contributed by atoms with van der Waals surface area (Å²) in [5.41, 5.74) is 2.21. The van der Waals surface area contributed by atoms with Gasteiger partial charge >= 0.3 is 5.97 Å². The third-order valence-corrected chi connectivity index (χ3v) is 3.21. The first-order valence-corrected chi connectivity index (χ1v) is 5.94. The number of benzene rings is 2. The van der Waals surface area contributed by atoms with Crippen molar-refractivity contribution in [3.63, 3.8) is 0 Å². The fourth-order valence-corrected chi connectivity index (χ4v) is 2.30. The number of ether oxygens (including phenoxy) is 1.